The molecule has 1 aliphatic rings. The zero-order chi connectivity index (χ0) is 14.8. The summed E-state index contributed by atoms with van der Waals surface area (Å²) in [4.78, 5) is 4.29. The van der Waals surface area contributed by atoms with Gasteiger partial charge in [0.05, 0.1) is 5.69 Å². The summed E-state index contributed by atoms with van der Waals surface area (Å²) in [5.74, 6) is -0.514. The van der Waals surface area contributed by atoms with E-state index in [-0.39, 0.29) is 0 Å². The Morgan fingerprint density at radius 2 is 2.24 bits per heavy atom. The number of hydrogen-bond donors (Lipinski definition) is 1. The standard InChI is InChI=1S/C15H15F2N3S/c1-9-2-4-11(6-9)19-20-15-18-14(8-21-15)12-5-3-10(16)7-13(12)17/h3,5,7-9H,2,4,6H2,1H3,(H,18,20)/b19-11-/t9-/m1/s1. The first-order valence-electron chi connectivity index (χ1n) is 6.84. The average Bonchev–Trinajstić information content (AvgIpc) is 3.05. The largest absolute Gasteiger partial charge is 0.253 e. The maximum Gasteiger partial charge on any atom is 0.203 e. The van der Waals surface area contributed by atoms with Crippen LogP contribution in [-0.2, 0) is 0 Å². The highest BCUT2D eigenvalue weighted by atomic mass is 32.1. The van der Waals surface area contributed by atoms with Crippen LogP contribution in [0.4, 0.5) is 13.9 Å². The number of aromatic nitrogens is 1. The Kier molecular flexibility index (Phi) is 3.96. The first-order chi connectivity index (χ1) is 10.1. The Labute approximate surface area is 125 Å². The minimum atomic E-state index is -0.609. The van der Waals surface area contributed by atoms with E-state index in [1.165, 1.54) is 29.9 Å². The molecule has 0 amide bonds. The van der Waals surface area contributed by atoms with Crippen LogP contribution in [0.1, 0.15) is 26.2 Å². The summed E-state index contributed by atoms with van der Waals surface area (Å²) in [5.41, 5.74) is 4.85. The molecular formula is C15H15F2N3S. The molecule has 1 fully saturated rings. The lowest BCUT2D eigenvalue weighted by Crippen LogP contribution is -1.97. The van der Waals surface area contributed by atoms with E-state index in [2.05, 4.69) is 22.4 Å². The quantitative estimate of drug-likeness (QED) is 0.836. The second-order valence-electron chi connectivity index (χ2n) is 5.30. The molecule has 0 aliphatic heterocycles. The van der Waals surface area contributed by atoms with Gasteiger partial charge in [0.1, 0.15) is 11.6 Å². The van der Waals surface area contributed by atoms with Crippen molar-refractivity contribution in [2.75, 3.05) is 5.43 Å². The summed E-state index contributed by atoms with van der Waals surface area (Å²) < 4.78 is 26.6. The lowest BCUT2D eigenvalue weighted by Gasteiger charge is -1.99. The van der Waals surface area contributed by atoms with E-state index < -0.39 is 11.6 Å². The summed E-state index contributed by atoms with van der Waals surface area (Å²) in [6, 6.07) is 3.49. The molecular weight excluding hydrogens is 292 g/mol. The van der Waals surface area contributed by atoms with Gasteiger partial charge in [-0.05, 0) is 37.3 Å². The molecule has 1 aromatic carbocycles. The van der Waals surface area contributed by atoms with Crippen LogP contribution < -0.4 is 5.43 Å². The fourth-order valence-corrected chi connectivity index (χ4v) is 3.05. The van der Waals surface area contributed by atoms with Gasteiger partial charge < -0.3 is 0 Å². The van der Waals surface area contributed by atoms with Crippen LogP contribution in [0.15, 0.2) is 28.7 Å². The molecule has 3 rings (SSSR count). The number of rotatable bonds is 3. The van der Waals surface area contributed by atoms with Crippen LogP contribution in [0.3, 0.4) is 0 Å². The Balaban J connectivity index is 1.74. The molecule has 1 saturated carbocycles. The molecule has 6 heteroatoms. The number of hydrogen-bond acceptors (Lipinski definition) is 4. The van der Waals surface area contributed by atoms with E-state index in [4.69, 9.17) is 0 Å². The predicted molar refractivity (Wildman–Crippen MR) is 81.5 cm³/mol. The molecule has 1 aromatic heterocycles. The van der Waals surface area contributed by atoms with Crippen molar-refractivity contribution in [3.63, 3.8) is 0 Å². The number of halogens is 2. The maximum absolute atomic E-state index is 13.7. The lowest BCUT2D eigenvalue weighted by atomic mass is 10.1. The van der Waals surface area contributed by atoms with Crippen molar-refractivity contribution in [1.29, 1.82) is 0 Å². The van der Waals surface area contributed by atoms with E-state index in [1.807, 2.05) is 0 Å². The molecule has 1 heterocycles. The third kappa shape index (κ3) is 3.26. The van der Waals surface area contributed by atoms with Crippen LogP contribution in [-0.4, -0.2) is 10.7 Å². The summed E-state index contributed by atoms with van der Waals surface area (Å²) >= 11 is 1.35. The summed E-state index contributed by atoms with van der Waals surface area (Å²) in [7, 11) is 0. The van der Waals surface area contributed by atoms with Gasteiger partial charge in [-0.15, -0.1) is 11.3 Å². The van der Waals surface area contributed by atoms with Crippen LogP contribution in [0.25, 0.3) is 11.3 Å². The number of nitrogens with one attached hydrogen (secondary N) is 1. The third-order valence-electron chi connectivity index (χ3n) is 3.53. The van der Waals surface area contributed by atoms with E-state index in [1.54, 1.807) is 5.38 Å². The van der Waals surface area contributed by atoms with Gasteiger partial charge in [0.15, 0.2) is 0 Å². The van der Waals surface area contributed by atoms with Crippen molar-refractivity contribution in [2.24, 2.45) is 11.0 Å². The number of benzene rings is 1. The molecule has 0 bridgehead atoms. The van der Waals surface area contributed by atoms with Gasteiger partial charge in [0.25, 0.3) is 0 Å². The second-order valence-corrected chi connectivity index (χ2v) is 6.16. The number of hydrazone groups is 1. The number of anilines is 1. The summed E-state index contributed by atoms with van der Waals surface area (Å²) in [5, 5.41) is 6.69. The smallest absolute Gasteiger partial charge is 0.203 e. The normalized spacial score (nSPS) is 20.1. The number of nitrogens with zero attached hydrogens (tertiary/aromatic N) is 2. The Morgan fingerprint density at radius 1 is 1.38 bits per heavy atom. The highest BCUT2D eigenvalue weighted by Crippen LogP contribution is 2.28. The molecule has 1 atom stereocenters. The highest BCUT2D eigenvalue weighted by molar-refractivity contribution is 7.14. The zero-order valence-corrected chi connectivity index (χ0v) is 12.4. The van der Waals surface area contributed by atoms with Gasteiger partial charge in [-0.2, -0.15) is 5.10 Å². The zero-order valence-electron chi connectivity index (χ0n) is 11.6. The van der Waals surface area contributed by atoms with Crippen LogP contribution >= 0.6 is 11.3 Å². The first-order valence-corrected chi connectivity index (χ1v) is 7.72. The molecule has 0 unspecified atom stereocenters. The van der Waals surface area contributed by atoms with E-state index in [9.17, 15) is 8.78 Å². The Bertz CT molecular complexity index is 681. The molecule has 21 heavy (non-hydrogen) atoms. The van der Waals surface area contributed by atoms with Gasteiger partial charge in [-0.1, -0.05) is 6.92 Å². The molecule has 3 nitrogen and oxygen atoms in total. The minimum absolute atomic E-state index is 0.294. The summed E-state index contributed by atoms with van der Waals surface area (Å²) in [6.07, 6.45) is 3.20. The van der Waals surface area contributed by atoms with Crippen molar-refractivity contribution in [3.8, 4) is 11.3 Å². The lowest BCUT2D eigenvalue weighted by molar-refractivity contribution is 0.585. The molecule has 0 radical (unpaired) electrons. The average molecular weight is 307 g/mol. The number of thiazole rings is 1. The molecule has 1 N–H and O–H groups in total. The summed E-state index contributed by atoms with van der Waals surface area (Å²) in [6.45, 7) is 2.21. The highest BCUT2D eigenvalue weighted by Gasteiger charge is 2.16. The van der Waals surface area contributed by atoms with Crippen LogP contribution in [0, 0.1) is 17.6 Å². The third-order valence-corrected chi connectivity index (χ3v) is 4.28. The molecule has 0 spiro atoms. The topological polar surface area (TPSA) is 37.3 Å². The van der Waals surface area contributed by atoms with E-state index in [0.29, 0.717) is 22.3 Å². The van der Waals surface area contributed by atoms with Crippen molar-refractivity contribution < 1.29 is 8.78 Å². The van der Waals surface area contributed by atoms with Crippen molar-refractivity contribution in [3.05, 3.63) is 35.2 Å². The van der Waals surface area contributed by atoms with E-state index >= 15 is 0 Å². The van der Waals surface area contributed by atoms with Crippen LogP contribution in [0.5, 0.6) is 0 Å². The van der Waals surface area contributed by atoms with Gasteiger partial charge in [-0.25, -0.2) is 13.8 Å². The van der Waals surface area contributed by atoms with Crippen molar-refractivity contribution in [2.45, 2.75) is 26.2 Å². The van der Waals surface area contributed by atoms with E-state index in [0.717, 1.165) is 24.6 Å². The van der Waals surface area contributed by atoms with Gasteiger partial charge in [-0.3, -0.25) is 5.43 Å². The van der Waals surface area contributed by atoms with Gasteiger partial charge >= 0.3 is 0 Å². The monoisotopic (exact) mass is 307 g/mol. The SMILES string of the molecule is C[C@@H]1CC/C(=N/Nc2nc(-c3ccc(F)cc3F)cs2)C1. The second kappa shape index (κ2) is 5.89. The molecule has 0 saturated heterocycles. The fourth-order valence-electron chi connectivity index (χ4n) is 2.39. The molecule has 1 aliphatic carbocycles. The Hall–Kier alpha value is -1.82. The van der Waals surface area contributed by atoms with Crippen molar-refractivity contribution in [1.82, 2.24) is 4.98 Å². The fraction of sp³-hybridized carbons (Fsp3) is 0.333. The minimum Gasteiger partial charge on any atom is -0.253 e. The predicted octanol–water partition coefficient (Wildman–Crippen LogP) is 4.68. The molecule has 110 valence electrons. The first kappa shape index (κ1) is 14.1. The van der Waals surface area contributed by atoms with Crippen LogP contribution in [0.2, 0.25) is 0 Å². The molecule has 2 aromatic rings. The maximum atomic E-state index is 13.7. The Morgan fingerprint density at radius 3 is 2.95 bits per heavy atom. The van der Waals surface area contributed by atoms with Gasteiger partial charge in [0.2, 0.25) is 5.13 Å². The van der Waals surface area contributed by atoms with Gasteiger partial charge in [0, 0.05) is 22.7 Å². The van der Waals surface area contributed by atoms with Crippen molar-refractivity contribution >= 4 is 22.2 Å².